The Labute approximate surface area is 210 Å². The molecule has 5 rings (SSSR count). The Balaban J connectivity index is 1.36. The number of benzene rings is 2. The molecule has 2 aromatic heterocycles. The van der Waals surface area contributed by atoms with Crippen LogP contribution in [-0.4, -0.2) is 68.8 Å². The van der Waals surface area contributed by atoms with Crippen molar-refractivity contribution in [2.24, 2.45) is 0 Å². The van der Waals surface area contributed by atoms with Crippen LogP contribution in [0.5, 0.6) is 5.88 Å². The third-order valence-electron chi connectivity index (χ3n) is 6.02. The molecule has 1 aliphatic rings. The topological polar surface area (TPSA) is 89.3 Å². The van der Waals surface area contributed by atoms with Gasteiger partial charge in [-0.05, 0) is 12.1 Å². The largest absolute Gasteiger partial charge is 0.481 e. The van der Waals surface area contributed by atoms with Crippen LogP contribution in [0.15, 0.2) is 54.9 Å². The van der Waals surface area contributed by atoms with Crippen LogP contribution in [0.1, 0.15) is 0 Å². The average Bonchev–Trinajstić information content (AvgIpc) is 3.35. The number of aromatic nitrogens is 5. The summed E-state index contributed by atoms with van der Waals surface area (Å²) in [6, 6.07) is 12.4. The highest BCUT2D eigenvalue weighted by molar-refractivity contribution is 5.77. The van der Waals surface area contributed by atoms with Crippen LogP contribution in [-0.2, 0) is 11.3 Å². The van der Waals surface area contributed by atoms with Gasteiger partial charge in [-0.3, -0.25) is 4.79 Å². The lowest BCUT2D eigenvalue weighted by Crippen LogP contribution is -2.50. The minimum absolute atomic E-state index is 0.0213. The highest BCUT2D eigenvalue weighted by atomic mass is 19.2. The van der Waals surface area contributed by atoms with E-state index in [1.54, 1.807) is 35.2 Å². The second-order valence-electron chi connectivity index (χ2n) is 8.32. The van der Waals surface area contributed by atoms with Crippen molar-refractivity contribution in [3.05, 3.63) is 72.3 Å². The number of halogens is 3. The Morgan fingerprint density at radius 2 is 1.65 bits per heavy atom. The van der Waals surface area contributed by atoms with E-state index in [1.807, 2.05) is 11.0 Å². The van der Waals surface area contributed by atoms with E-state index < -0.39 is 17.5 Å². The summed E-state index contributed by atoms with van der Waals surface area (Å²) >= 11 is 0. The second kappa shape index (κ2) is 10.2. The van der Waals surface area contributed by atoms with Crippen molar-refractivity contribution < 1.29 is 22.7 Å². The Morgan fingerprint density at radius 1 is 0.946 bits per heavy atom. The van der Waals surface area contributed by atoms with E-state index in [0.29, 0.717) is 49.3 Å². The fourth-order valence-corrected chi connectivity index (χ4v) is 4.09. The maximum absolute atomic E-state index is 13.8. The van der Waals surface area contributed by atoms with Gasteiger partial charge in [0.25, 0.3) is 0 Å². The SMILES string of the molecule is COc1cc(N2CCN(C(=O)Cn3nc(-c4cc(F)c(F)c(F)c4)nc3-c3ccccc3)CC2)ncn1. The summed E-state index contributed by atoms with van der Waals surface area (Å²) < 4.78 is 47.7. The third kappa shape index (κ3) is 5.08. The van der Waals surface area contributed by atoms with Crippen LogP contribution in [0.4, 0.5) is 19.0 Å². The van der Waals surface area contributed by atoms with E-state index in [2.05, 4.69) is 20.1 Å². The van der Waals surface area contributed by atoms with Gasteiger partial charge < -0.3 is 14.5 Å². The highest BCUT2D eigenvalue weighted by Crippen LogP contribution is 2.25. The number of ether oxygens (including phenoxy) is 1. The van der Waals surface area contributed by atoms with Crippen molar-refractivity contribution in [3.63, 3.8) is 0 Å². The minimum atomic E-state index is -1.57. The van der Waals surface area contributed by atoms with E-state index in [4.69, 9.17) is 4.74 Å². The van der Waals surface area contributed by atoms with Gasteiger partial charge in [-0.1, -0.05) is 30.3 Å². The van der Waals surface area contributed by atoms with Gasteiger partial charge in [-0.15, -0.1) is 5.10 Å². The van der Waals surface area contributed by atoms with Crippen molar-refractivity contribution in [1.29, 1.82) is 0 Å². The van der Waals surface area contributed by atoms with Gasteiger partial charge in [-0.25, -0.2) is 32.8 Å². The predicted molar refractivity (Wildman–Crippen MR) is 128 cm³/mol. The Morgan fingerprint density at radius 3 is 2.32 bits per heavy atom. The first-order valence-corrected chi connectivity index (χ1v) is 11.5. The first kappa shape index (κ1) is 24.2. The normalized spacial score (nSPS) is 13.6. The summed E-state index contributed by atoms with van der Waals surface area (Å²) in [6.45, 7) is 1.91. The molecule has 190 valence electrons. The van der Waals surface area contributed by atoms with E-state index >= 15 is 0 Å². The summed E-state index contributed by atoms with van der Waals surface area (Å²) in [7, 11) is 1.53. The number of rotatable bonds is 6. The lowest BCUT2D eigenvalue weighted by Gasteiger charge is -2.35. The molecule has 0 unspecified atom stereocenters. The number of carbonyl (C=O) groups excluding carboxylic acids is 1. The smallest absolute Gasteiger partial charge is 0.244 e. The van der Waals surface area contributed by atoms with Crippen LogP contribution in [0.25, 0.3) is 22.8 Å². The molecule has 0 bridgehead atoms. The van der Waals surface area contributed by atoms with E-state index in [9.17, 15) is 18.0 Å². The van der Waals surface area contributed by atoms with Crippen LogP contribution in [0, 0.1) is 17.5 Å². The molecule has 0 radical (unpaired) electrons. The molecule has 0 aliphatic carbocycles. The number of hydrogen-bond acceptors (Lipinski definition) is 7. The van der Waals surface area contributed by atoms with Crippen LogP contribution >= 0.6 is 0 Å². The summed E-state index contributed by atoms with van der Waals surface area (Å²) in [5.74, 6) is -2.95. The summed E-state index contributed by atoms with van der Waals surface area (Å²) in [4.78, 5) is 29.7. The third-order valence-corrected chi connectivity index (χ3v) is 6.02. The average molecular weight is 509 g/mol. The number of hydrogen-bond donors (Lipinski definition) is 0. The molecule has 0 N–H and O–H groups in total. The maximum atomic E-state index is 13.8. The molecule has 4 aromatic rings. The molecule has 0 atom stereocenters. The standard InChI is InChI=1S/C25H22F3N7O2/c1-37-21-13-20(29-15-30-21)33-7-9-34(10-8-33)22(36)14-35-25(16-5-3-2-4-6-16)31-24(32-35)17-11-18(26)23(28)19(27)12-17/h2-6,11-13,15H,7-10,14H2,1H3. The molecule has 1 aliphatic heterocycles. The highest BCUT2D eigenvalue weighted by Gasteiger charge is 2.25. The molecule has 0 saturated carbocycles. The second-order valence-corrected chi connectivity index (χ2v) is 8.32. The van der Waals surface area contributed by atoms with E-state index in [0.717, 1.165) is 12.1 Å². The zero-order valence-electron chi connectivity index (χ0n) is 19.8. The first-order valence-electron chi connectivity index (χ1n) is 11.5. The number of piperazine rings is 1. The molecule has 1 saturated heterocycles. The summed E-state index contributed by atoms with van der Waals surface area (Å²) in [6.07, 6.45) is 1.43. The first-order chi connectivity index (χ1) is 17.9. The molecule has 1 fully saturated rings. The van der Waals surface area contributed by atoms with E-state index in [-0.39, 0.29) is 23.8 Å². The number of amides is 1. The van der Waals surface area contributed by atoms with Crippen molar-refractivity contribution in [3.8, 4) is 28.7 Å². The molecule has 37 heavy (non-hydrogen) atoms. The van der Waals surface area contributed by atoms with Gasteiger partial charge in [0.1, 0.15) is 18.7 Å². The maximum Gasteiger partial charge on any atom is 0.244 e. The zero-order valence-corrected chi connectivity index (χ0v) is 19.8. The molecule has 3 heterocycles. The van der Waals surface area contributed by atoms with Gasteiger partial charge in [0.05, 0.1) is 7.11 Å². The summed E-state index contributed by atoms with van der Waals surface area (Å²) in [5, 5.41) is 4.35. The number of methoxy groups -OCH3 is 1. The van der Waals surface area contributed by atoms with Crippen LogP contribution in [0.3, 0.4) is 0 Å². The lowest BCUT2D eigenvalue weighted by atomic mass is 10.2. The van der Waals surface area contributed by atoms with Gasteiger partial charge in [0.2, 0.25) is 11.8 Å². The molecular weight excluding hydrogens is 487 g/mol. The van der Waals surface area contributed by atoms with Gasteiger partial charge in [0.15, 0.2) is 29.1 Å². The lowest BCUT2D eigenvalue weighted by molar-refractivity contribution is -0.132. The molecule has 0 spiro atoms. The van der Waals surface area contributed by atoms with Crippen LogP contribution in [0.2, 0.25) is 0 Å². The number of anilines is 1. The van der Waals surface area contributed by atoms with Gasteiger partial charge in [-0.2, -0.15) is 0 Å². The van der Waals surface area contributed by atoms with Crippen molar-refractivity contribution >= 4 is 11.7 Å². The minimum Gasteiger partial charge on any atom is -0.481 e. The Hall–Kier alpha value is -4.48. The molecular formula is C25H22F3N7O2. The van der Waals surface area contributed by atoms with E-state index in [1.165, 1.54) is 18.1 Å². The van der Waals surface area contributed by atoms with Crippen molar-refractivity contribution in [2.75, 3.05) is 38.2 Å². The molecule has 12 heteroatoms. The van der Waals surface area contributed by atoms with Gasteiger partial charge >= 0.3 is 0 Å². The van der Waals surface area contributed by atoms with Crippen LogP contribution < -0.4 is 9.64 Å². The fraction of sp³-hybridized carbons (Fsp3) is 0.240. The fourth-order valence-electron chi connectivity index (χ4n) is 4.09. The molecule has 1 amide bonds. The number of carbonyl (C=O) groups is 1. The quantitative estimate of drug-likeness (QED) is 0.369. The zero-order chi connectivity index (χ0) is 25.9. The Bertz CT molecular complexity index is 1400. The molecule has 2 aromatic carbocycles. The van der Waals surface area contributed by atoms with Gasteiger partial charge in [0, 0.05) is 43.4 Å². The van der Waals surface area contributed by atoms with Crippen molar-refractivity contribution in [1.82, 2.24) is 29.6 Å². The van der Waals surface area contributed by atoms with Crippen molar-refractivity contribution in [2.45, 2.75) is 6.54 Å². The molecule has 9 nitrogen and oxygen atoms in total. The Kier molecular flexibility index (Phi) is 6.71. The monoisotopic (exact) mass is 509 g/mol. The summed E-state index contributed by atoms with van der Waals surface area (Å²) in [5.41, 5.74) is 0.633. The predicted octanol–water partition coefficient (Wildman–Crippen LogP) is 3.18. The number of nitrogens with zero attached hydrogens (tertiary/aromatic N) is 7.